The smallest absolute Gasteiger partial charge is 0.245 e. The molecule has 0 aliphatic carbocycles. The first kappa shape index (κ1) is 12.6. The summed E-state index contributed by atoms with van der Waals surface area (Å²) in [6.45, 7) is 2.07. The molecular weight excluding hydrogens is 278 g/mol. The summed E-state index contributed by atoms with van der Waals surface area (Å²) < 4.78 is 1.17. The van der Waals surface area contributed by atoms with Gasteiger partial charge in [0.2, 0.25) is 5.91 Å². The lowest BCUT2D eigenvalue weighted by atomic mass is 10.2. The molecule has 0 saturated heterocycles. The fourth-order valence-electron chi connectivity index (χ4n) is 1.92. The van der Waals surface area contributed by atoms with Crippen molar-refractivity contribution in [1.82, 2.24) is 10.3 Å². The number of aliphatic imine (C=N–C) groups is 1. The highest BCUT2D eigenvalue weighted by Gasteiger charge is 2.26. The number of benzene rings is 1. The van der Waals surface area contributed by atoms with Crippen molar-refractivity contribution < 1.29 is 4.79 Å². The van der Waals surface area contributed by atoms with E-state index >= 15 is 0 Å². The van der Waals surface area contributed by atoms with E-state index in [1.807, 2.05) is 6.07 Å². The lowest BCUT2D eigenvalue weighted by Crippen LogP contribution is -2.30. The average Bonchev–Trinajstić information content (AvgIpc) is 3.03. The molecular formula is C13H13N3OS2. The SMILES string of the molecule is CNC(=O)C1CSC(c2nc3ccc(C)cc3s2)=N1. The summed E-state index contributed by atoms with van der Waals surface area (Å²) in [5.41, 5.74) is 2.23. The van der Waals surface area contributed by atoms with Crippen molar-refractivity contribution in [2.24, 2.45) is 4.99 Å². The minimum Gasteiger partial charge on any atom is -0.357 e. The van der Waals surface area contributed by atoms with Crippen LogP contribution in [0.25, 0.3) is 10.2 Å². The molecule has 1 N–H and O–H groups in total. The Balaban J connectivity index is 1.95. The zero-order valence-electron chi connectivity index (χ0n) is 10.6. The van der Waals surface area contributed by atoms with Gasteiger partial charge in [0.25, 0.3) is 0 Å². The molecule has 1 aliphatic rings. The standard InChI is InChI=1S/C13H13N3OS2/c1-7-3-4-8-10(5-7)19-13(15-8)12-16-9(6-18-12)11(17)14-2/h3-5,9H,6H2,1-2H3,(H,14,17). The molecule has 0 radical (unpaired) electrons. The Morgan fingerprint density at radius 3 is 3.11 bits per heavy atom. The average molecular weight is 291 g/mol. The van der Waals surface area contributed by atoms with Gasteiger partial charge in [-0.3, -0.25) is 9.79 Å². The van der Waals surface area contributed by atoms with Crippen molar-refractivity contribution in [1.29, 1.82) is 0 Å². The number of carbonyl (C=O) groups is 1. The van der Waals surface area contributed by atoms with Crippen LogP contribution in [0.4, 0.5) is 0 Å². The number of rotatable bonds is 2. The third kappa shape index (κ3) is 2.37. The van der Waals surface area contributed by atoms with Gasteiger partial charge in [-0.25, -0.2) is 4.98 Å². The third-order valence-corrected chi connectivity index (χ3v) is 5.14. The fraction of sp³-hybridized carbons (Fsp3) is 0.308. The van der Waals surface area contributed by atoms with Crippen LogP contribution in [0.3, 0.4) is 0 Å². The number of aromatic nitrogens is 1. The zero-order valence-corrected chi connectivity index (χ0v) is 12.3. The number of nitrogens with one attached hydrogen (secondary N) is 1. The topological polar surface area (TPSA) is 54.4 Å². The summed E-state index contributed by atoms with van der Waals surface area (Å²) in [6.07, 6.45) is 0. The van der Waals surface area contributed by atoms with Crippen molar-refractivity contribution in [3.63, 3.8) is 0 Å². The lowest BCUT2D eigenvalue weighted by molar-refractivity contribution is -0.121. The van der Waals surface area contributed by atoms with Crippen LogP contribution in [0.1, 0.15) is 10.6 Å². The largest absolute Gasteiger partial charge is 0.357 e. The normalized spacial score (nSPS) is 18.6. The van der Waals surface area contributed by atoms with E-state index in [1.54, 1.807) is 30.1 Å². The van der Waals surface area contributed by atoms with Crippen LogP contribution in [0.5, 0.6) is 0 Å². The molecule has 1 aromatic heterocycles. The number of hydrogen-bond donors (Lipinski definition) is 1. The van der Waals surface area contributed by atoms with E-state index in [-0.39, 0.29) is 11.9 Å². The zero-order chi connectivity index (χ0) is 13.4. The fourth-order valence-corrected chi connectivity index (χ4v) is 4.08. The Kier molecular flexibility index (Phi) is 3.28. The van der Waals surface area contributed by atoms with Gasteiger partial charge in [0, 0.05) is 12.8 Å². The highest BCUT2D eigenvalue weighted by molar-refractivity contribution is 8.15. The van der Waals surface area contributed by atoms with Gasteiger partial charge in [0.05, 0.1) is 10.2 Å². The van der Waals surface area contributed by atoms with Gasteiger partial charge in [0.1, 0.15) is 16.1 Å². The van der Waals surface area contributed by atoms with Crippen LogP contribution >= 0.6 is 23.1 Å². The molecule has 1 aromatic carbocycles. The number of nitrogens with zero attached hydrogens (tertiary/aromatic N) is 2. The van der Waals surface area contributed by atoms with Gasteiger partial charge >= 0.3 is 0 Å². The van der Waals surface area contributed by atoms with E-state index in [0.717, 1.165) is 15.6 Å². The monoisotopic (exact) mass is 291 g/mol. The number of likely N-dealkylation sites (N-methyl/N-ethyl adjacent to an activating group) is 1. The van der Waals surface area contributed by atoms with E-state index in [9.17, 15) is 4.79 Å². The van der Waals surface area contributed by atoms with E-state index in [0.29, 0.717) is 5.75 Å². The molecule has 1 unspecified atom stereocenters. The molecule has 0 bridgehead atoms. The molecule has 98 valence electrons. The Hall–Kier alpha value is -1.40. The van der Waals surface area contributed by atoms with Crippen molar-refractivity contribution >= 4 is 44.3 Å². The Morgan fingerprint density at radius 2 is 2.32 bits per heavy atom. The number of thioether (sulfide) groups is 1. The minimum absolute atomic E-state index is 0.0283. The summed E-state index contributed by atoms with van der Waals surface area (Å²) in [4.78, 5) is 20.6. The van der Waals surface area contributed by atoms with Crippen molar-refractivity contribution in [3.05, 3.63) is 28.8 Å². The molecule has 0 saturated carbocycles. The summed E-state index contributed by atoms with van der Waals surface area (Å²) in [7, 11) is 1.64. The number of fused-ring (bicyclic) bond motifs is 1. The van der Waals surface area contributed by atoms with Crippen LogP contribution in [0, 0.1) is 6.92 Å². The van der Waals surface area contributed by atoms with Gasteiger partial charge in [-0.15, -0.1) is 23.1 Å². The van der Waals surface area contributed by atoms with Crippen molar-refractivity contribution in [2.45, 2.75) is 13.0 Å². The number of hydrogen-bond acceptors (Lipinski definition) is 5. The van der Waals surface area contributed by atoms with Crippen LogP contribution in [-0.4, -0.2) is 34.8 Å². The molecule has 1 atom stereocenters. The second kappa shape index (κ2) is 4.94. The third-order valence-electron chi connectivity index (χ3n) is 2.93. The van der Waals surface area contributed by atoms with Crippen LogP contribution in [-0.2, 0) is 4.79 Å². The van der Waals surface area contributed by atoms with Gasteiger partial charge < -0.3 is 5.32 Å². The highest BCUT2D eigenvalue weighted by Crippen LogP contribution is 2.30. The molecule has 0 fully saturated rings. The summed E-state index contributed by atoms with van der Waals surface area (Å²) in [5.74, 6) is 0.670. The maximum absolute atomic E-state index is 11.6. The van der Waals surface area contributed by atoms with E-state index in [4.69, 9.17) is 0 Å². The Bertz CT molecular complexity index is 678. The maximum atomic E-state index is 11.6. The molecule has 3 rings (SSSR count). The van der Waals surface area contributed by atoms with E-state index in [2.05, 4.69) is 34.3 Å². The van der Waals surface area contributed by atoms with Gasteiger partial charge in [0.15, 0.2) is 0 Å². The van der Waals surface area contributed by atoms with Crippen LogP contribution in [0.15, 0.2) is 23.2 Å². The molecule has 2 heterocycles. The molecule has 19 heavy (non-hydrogen) atoms. The summed E-state index contributed by atoms with van der Waals surface area (Å²) in [5, 5.41) is 4.43. The second-order valence-corrected chi connectivity index (χ2v) is 6.40. The quantitative estimate of drug-likeness (QED) is 0.923. The molecule has 2 aromatic rings. The van der Waals surface area contributed by atoms with Crippen molar-refractivity contribution in [2.75, 3.05) is 12.8 Å². The first-order valence-corrected chi connectivity index (χ1v) is 7.77. The Morgan fingerprint density at radius 1 is 1.47 bits per heavy atom. The molecule has 6 heteroatoms. The number of aryl methyl sites for hydroxylation is 1. The predicted molar refractivity (Wildman–Crippen MR) is 81.2 cm³/mol. The first-order chi connectivity index (χ1) is 9.17. The van der Waals surface area contributed by atoms with Gasteiger partial charge in [-0.2, -0.15) is 0 Å². The molecule has 0 spiro atoms. The Labute approximate surface area is 119 Å². The minimum atomic E-state index is -0.279. The number of carbonyl (C=O) groups excluding carboxylic acids is 1. The number of thiazole rings is 1. The van der Waals surface area contributed by atoms with Crippen LogP contribution < -0.4 is 5.32 Å². The number of amides is 1. The van der Waals surface area contributed by atoms with E-state index < -0.39 is 0 Å². The van der Waals surface area contributed by atoms with Gasteiger partial charge in [-0.05, 0) is 24.6 Å². The molecule has 1 amide bonds. The lowest BCUT2D eigenvalue weighted by Gasteiger charge is -2.01. The first-order valence-electron chi connectivity index (χ1n) is 5.97. The van der Waals surface area contributed by atoms with E-state index in [1.165, 1.54) is 10.3 Å². The summed E-state index contributed by atoms with van der Waals surface area (Å²) in [6, 6.07) is 5.94. The van der Waals surface area contributed by atoms with Crippen molar-refractivity contribution in [3.8, 4) is 0 Å². The molecule has 4 nitrogen and oxygen atoms in total. The highest BCUT2D eigenvalue weighted by atomic mass is 32.2. The summed E-state index contributed by atoms with van der Waals surface area (Å²) >= 11 is 3.24. The predicted octanol–water partition coefficient (Wildman–Crippen LogP) is 2.21. The second-order valence-electron chi connectivity index (χ2n) is 4.37. The van der Waals surface area contributed by atoms with Gasteiger partial charge in [-0.1, -0.05) is 6.07 Å². The molecule has 1 aliphatic heterocycles. The maximum Gasteiger partial charge on any atom is 0.245 e. The van der Waals surface area contributed by atoms with Crippen LogP contribution in [0.2, 0.25) is 0 Å².